The Balaban J connectivity index is 1.68. The van der Waals surface area contributed by atoms with E-state index in [1.807, 2.05) is 0 Å². The number of para-hydroxylation sites is 1. The fourth-order valence-corrected chi connectivity index (χ4v) is 4.56. The third-order valence-electron chi connectivity index (χ3n) is 5.73. The normalized spacial score (nSPS) is 14.4. The van der Waals surface area contributed by atoms with Crippen molar-refractivity contribution in [3.8, 4) is 17.2 Å². The van der Waals surface area contributed by atoms with E-state index < -0.39 is 23.9 Å². The van der Waals surface area contributed by atoms with Crippen molar-refractivity contribution in [1.29, 1.82) is 0 Å². The van der Waals surface area contributed by atoms with Crippen molar-refractivity contribution in [3.63, 3.8) is 0 Å². The predicted molar refractivity (Wildman–Crippen MR) is 163 cm³/mol. The fourth-order valence-electron chi connectivity index (χ4n) is 4.01. The molecule has 0 saturated heterocycles. The van der Waals surface area contributed by atoms with Gasteiger partial charge in [0.25, 0.3) is 5.91 Å². The average Bonchev–Trinajstić information content (AvgIpc) is 2.96. The van der Waals surface area contributed by atoms with Gasteiger partial charge in [-0.1, -0.05) is 29.8 Å². The average molecular weight is 633 g/mol. The molecule has 1 aliphatic heterocycles. The third-order valence-corrected chi connectivity index (χ3v) is 6.23. The molecule has 3 rings (SSSR count). The van der Waals surface area contributed by atoms with Crippen LogP contribution in [-0.4, -0.2) is 62.2 Å². The van der Waals surface area contributed by atoms with Gasteiger partial charge in [0, 0.05) is 11.3 Å². The quantitative estimate of drug-likeness (QED) is 0.122. The molecule has 1 aliphatic rings. The number of hydrogen-bond donors (Lipinski definition) is 3. The number of nitrogens with one attached hydrogen (secondary N) is 3. The molecule has 230 valence electrons. The molecular weight excluding hydrogens is 600 g/mol. The molecule has 0 fully saturated rings. The number of hydrogen-bond acceptors (Lipinski definition) is 10. The van der Waals surface area contributed by atoms with Crippen LogP contribution in [0.2, 0.25) is 5.02 Å². The maximum Gasteiger partial charge on any atom is 0.344 e. The summed E-state index contributed by atoms with van der Waals surface area (Å²) in [5, 5.41) is 10.5. The Morgan fingerprint density at radius 2 is 1.74 bits per heavy atom. The molecule has 0 aromatic heterocycles. The molecule has 2 aromatic carbocycles. The zero-order valence-corrected chi connectivity index (χ0v) is 25.7. The topological polar surface area (TPSA) is 146 Å². The van der Waals surface area contributed by atoms with Crippen LogP contribution in [0.4, 0.5) is 0 Å². The van der Waals surface area contributed by atoms with Crippen LogP contribution in [0.5, 0.6) is 17.2 Å². The number of hydrazone groups is 1. The fraction of sp³-hybridized carbons (Fsp3) is 0.345. The maximum absolute atomic E-state index is 12.7. The van der Waals surface area contributed by atoms with E-state index in [4.69, 9.17) is 47.5 Å². The summed E-state index contributed by atoms with van der Waals surface area (Å²) < 4.78 is 27.0. The van der Waals surface area contributed by atoms with Gasteiger partial charge in [-0.15, -0.1) is 0 Å². The standard InChI is InChI=1S/C29H33ClN4O8S/c1-5-38-22-13-18(12-20(30)27(22)42-16-24(36)39-6-2)14-31-34-23(35)15-41-21-11-9-8-10-19(21)26-25(28(37)40-7-3)17(4)32-29(43)33-26/h8-14,26H,5-7,15-16H2,1-4H3,(H,34,35)(H2,32,33,43)/t26-/m1/s1. The van der Waals surface area contributed by atoms with Crippen molar-refractivity contribution in [2.24, 2.45) is 5.10 Å². The SMILES string of the molecule is CCOC(=O)COc1c(Cl)cc(C=NNC(=O)COc2ccccc2[C@H]2NC(=S)NC(C)=C2C(=O)OCC)cc1OCC. The zero-order chi connectivity index (χ0) is 31.4. The smallest absolute Gasteiger partial charge is 0.344 e. The number of amides is 1. The highest BCUT2D eigenvalue weighted by molar-refractivity contribution is 7.80. The van der Waals surface area contributed by atoms with E-state index >= 15 is 0 Å². The number of thiocarbonyl (C=S) groups is 1. The molecule has 1 heterocycles. The lowest BCUT2D eigenvalue weighted by atomic mass is 9.95. The second-order valence-corrected chi connectivity index (χ2v) is 9.58. The number of halogens is 1. The zero-order valence-electron chi connectivity index (χ0n) is 24.2. The van der Waals surface area contributed by atoms with E-state index in [0.29, 0.717) is 45.6 Å². The molecule has 14 heteroatoms. The minimum atomic E-state index is -0.654. The summed E-state index contributed by atoms with van der Waals surface area (Å²) in [5.41, 5.74) is 4.40. The monoisotopic (exact) mass is 632 g/mol. The van der Waals surface area contributed by atoms with Gasteiger partial charge in [0.1, 0.15) is 5.75 Å². The van der Waals surface area contributed by atoms with Crippen molar-refractivity contribution < 1.29 is 38.1 Å². The van der Waals surface area contributed by atoms with Crippen LogP contribution >= 0.6 is 23.8 Å². The van der Waals surface area contributed by atoms with Crippen molar-refractivity contribution >= 4 is 53.0 Å². The lowest BCUT2D eigenvalue weighted by molar-refractivity contribution is -0.145. The number of benzene rings is 2. The summed E-state index contributed by atoms with van der Waals surface area (Å²) in [6, 6.07) is 9.47. The molecule has 1 amide bonds. The van der Waals surface area contributed by atoms with Crippen LogP contribution in [0, 0.1) is 0 Å². The first-order valence-electron chi connectivity index (χ1n) is 13.4. The number of ether oxygens (including phenoxy) is 5. The highest BCUT2D eigenvalue weighted by Gasteiger charge is 2.32. The molecule has 0 radical (unpaired) electrons. The summed E-state index contributed by atoms with van der Waals surface area (Å²) >= 11 is 11.7. The number of nitrogens with zero attached hydrogens (tertiary/aromatic N) is 1. The largest absolute Gasteiger partial charge is 0.490 e. The molecule has 12 nitrogen and oxygen atoms in total. The van der Waals surface area contributed by atoms with Crippen LogP contribution < -0.4 is 30.3 Å². The van der Waals surface area contributed by atoms with Gasteiger partial charge in [0.2, 0.25) is 0 Å². The van der Waals surface area contributed by atoms with Crippen molar-refractivity contribution in [1.82, 2.24) is 16.1 Å². The molecule has 43 heavy (non-hydrogen) atoms. The highest BCUT2D eigenvalue weighted by atomic mass is 35.5. The Morgan fingerprint density at radius 3 is 2.47 bits per heavy atom. The van der Waals surface area contributed by atoms with Gasteiger partial charge in [0.05, 0.1) is 42.7 Å². The van der Waals surface area contributed by atoms with Crippen molar-refractivity contribution in [2.45, 2.75) is 33.7 Å². The van der Waals surface area contributed by atoms with E-state index in [-0.39, 0.29) is 37.2 Å². The van der Waals surface area contributed by atoms with E-state index in [0.717, 1.165) is 0 Å². The van der Waals surface area contributed by atoms with Crippen molar-refractivity contribution in [3.05, 3.63) is 63.8 Å². The minimum absolute atomic E-state index is 0.181. The number of carbonyl (C=O) groups excluding carboxylic acids is 3. The van der Waals surface area contributed by atoms with Crippen LogP contribution in [0.15, 0.2) is 52.8 Å². The molecule has 3 N–H and O–H groups in total. The van der Waals surface area contributed by atoms with Gasteiger partial charge < -0.3 is 34.3 Å². The van der Waals surface area contributed by atoms with E-state index in [9.17, 15) is 14.4 Å². The summed E-state index contributed by atoms with van der Waals surface area (Å²) in [4.78, 5) is 37.0. The summed E-state index contributed by atoms with van der Waals surface area (Å²) in [6.07, 6.45) is 1.37. The van der Waals surface area contributed by atoms with Crippen LogP contribution in [0.1, 0.15) is 44.9 Å². The van der Waals surface area contributed by atoms with Crippen LogP contribution in [0.25, 0.3) is 0 Å². The first-order chi connectivity index (χ1) is 20.7. The summed E-state index contributed by atoms with van der Waals surface area (Å²) in [6.45, 7) is 6.98. The molecule has 0 spiro atoms. The maximum atomic E-state index is 12.7. The Morgan fingerprint density at radius 1 is 1.00 bits per heavy atom. The lowest BCUT2D eigenvalue weighted by Gasteiger charge is -2.30. The molecule has 0 unspecified atom stereocenters. The number of esters is 2. The lowest BCUT2D eigenvalue weighted by Crippen LogP contribution is -2.45. The van der Waals surface area contributed by atoms with Gasteiger partial charge in [-0.2, -0.15) is 5.10 Å². The number of carbonyl (C=O) groups is 3. The van der Waals surface area contributed by atoms with E-state index in [2.05, 4.69) is 21.2 Å². The Kier molecular flexibility index (Phi) is 12.6. The van der Waals surface area contributed by atoms with E-state index in [1.165, 1.54) is 6.21 Å². The molecule has 0 aliphatic carbocycles. The molecule has 1 atom stereocenters. The minimum Gasteiger partial charge on any atom is -0.490 e. The summed E-state index contributed by atoms with van der Waals surface area (Å²) in [7, 11) is 0. The molecule has 2 aromatic rings. The van der Waals surface area contributed by atoms with Gasteiger partial charge in [-0.3, -0.25) is 4.79 Å². The second-order valence-electron chi connectivity index (χ2n) is 8.77. The highest BCUT2D eigenvalue weighted by Crippen LogP contribution is 2.36. The van der Waals surface area contributed by atoms with Gasteiger partial charge in [-0.25, -0.2) is 15.0 Å². The molecule has 0 saturated carbocycles. The Labute approximate surface area is 259 Å². The van der Waals surface area contributed by atoms with Crippen molar-refractivity contribution in [2.75, 3.05) is 33.0 Å². The van der Waals surface area contributed by atoms with Crippen LogP contribution in [0.3, 0.4) is 0 Å². The first kappa shape index (κ1) is 33.1. The number of rotatable bonds is 14. The van der Waals surface area contributed by atoms with Gasteiger partial charge >= 0.3 is 11.9 Å². The second kappa shape index (κ2) is 16.3. The third kappa shape index (κ3) is 9.32. The first-order valence-corrected chi connectivity index (χ1v) is 14.2. The Hall–Kier alpha value is -4.36. The van der Waals surface area contributed by atoms with Crippen LogP contribution in [-0.2, 0) is 23.9 Å². The Bertz CT molecular complexity index is 1410. The number of allylic oxidation sites excluding steroid dienone is 1. The van der Waals surface area contributed by atoms with E-state index in [1.54, 1.807) is 64.1 Å². The van der Waals surface area contributed by atoms with Gasteiger partial charge in [0.15, 0.2) is 29.8 Å². The predicted octanol–water partition coefficient (Wildman–Crippen LogP) is 3.57. The van der Waals surface area contributed by atoms with Gasteiger partial charge in [-0.05, 0) is 63.7 Å². The summed E-state index contributed by atoms with van der Waals surface area (Å²) in [5.74, 6) is -0.733. The molecular formula is C29H33ClN4O8S. The molecule has 0 bridgehead atoms.